The number of nitrogens with one attached hydrogen (secondary N) is 2. The molecule has 0 radical (unpaired) electrons. The van der Waals surface area contributed by atoms with Gasteiger partial charge in [-0.2, -0.15) is 11.8 Å². The number of ether oxygens (including phenoxy) is 1. The van der Waals surface area contributed by atoms with Crippen molar-refractivity contribution in [1.29, 1.82) is 0 Å². The number of rotatable bonds is 7. The monoisotopic (exact) mass is 296 g/mol. The Hall–Kier alpha value is -1.36. The number of para-hydroxylation sites is 2. The summed E-state index contributed by atoms with van der Waals surface area (Å²) in [6, 6.07) is 7.55. The van der Waals surface area contributed by atoms with Crippen LogP contribution in [0.25, 0.3) is 0 Å². The van der Waals surface area contributed by atoms with E-state index in [2.05, 4.69) is 31.4 Å². The van der Waals surface area contributed by atoms with Crippen molar-refractivity contribution in [1.82, 2.24) is 5.32 Å². The number of amides is 1. The van der Waals surface area contributed by atoms with E-state index in [9.17, 15) is 4.79 Å². The van der Waals surface area contributed by atoms with E-state index in [0.29, 0.717) is 6.54 Å². The highest BCUT2D eigenvalue weighted by Gasteiger charge is 2.10. The Morgan fingerprint density at radius 2 is 2.00 bits per heavy atom. The first-order valence-corrected chi connectivity index (χ1v) is 7.68. The van der Waals surface area contributed by atoms with E-state index in [1.165, 1.54) is 0 Å². The fraction of sp³-hybridized carbons (Fsp3) is 0.533. The summed E-state index contributed by atoms with van der Waals surface area (Å²) in [6.45, 7) is 7.45. The molecule has 1 amide bonds. The molecule has 0 spiro atoms. The largest absolute Gasteiger partial charge is 0.495 e. The van der Waals surface area contributed by atoms with Crippen LogP contribution in [-0.2, 0) is 4.79 Å². The minimum Gasteiger partial charge on any atom is -0.495 e. The summed E-state index contributed by atoms with van der Waals surface area (Å²) in [5.74, 6) is 1.65. The van der Waals surface area contributed by atoms with E-state index in [-0.39, 0.29) is 17.2 Å². The number of benzene rings is 1. The Morgan fingerprint density at radius 3 is 2.65 bits per heavy atom. The van der Waals surface area contributed by atoms with Crippen molar-refractivity contribution in [3.63, 3.8) is 0 Å². The summed E-state index contributed by atoms with van der Waals surface area (Å²) in [6.07, 6.45) is 0. The van der Waals surface area contributed by atoms with Crippen molar-refractivity contribution in [2.75, 3.05) is 31.3 Å². The summed E-state index contributed by atoms with van der Waals surface area (Å²) >= 11 is 1.84. The minimum absolute atomic E-state index is 0.00887. The Kier molecular flexibility index (Phi) is 6.71. The predicted octanol–water partition coefficient (Wildman–Crippen LogP) is 2.76. The van der Waals surface area contributed by atoms with Gasteiger partial charge >= 0.3 is 0 Å². The molecule has 1 rings (SSSR count). The normalized spacial score (nSPS) is 11.0. The SMILES string of the molecule is COc1ccccc1NCC(=O)NCCSC(C)(C)C. The van der Waals surface area contributed by atoms with Crippen molar-refractivity contribution < 1.29 is 9.53 Å². The third kappa shape index (κ3) is 6.70. The number of hydrogen-bond donors (Lipinski definition) is 2. The van der Waals surface area contributed by atoms with Crippen molar-refractivity contribution in [2.24, 2.45) is 0 Å². The Balaban J connectivity index is 2.26. The zero-order valence-corrected chi connectivity index (χ0v) is 13.5. The van der Waals surface area contributed by atoms with Gasteiger partial charge in [0.15, 0.2) is 0 Å². The fourth-order valence-electron chi connectivity index (χ4n) is 1.58. The molecule has 0 aliphatic heterocycles. The lowest BCUT2D eigenvalue weighted by Crippen LogP contribution is -2.32. The molecule has 0 aliphatic rings. The molecule has 0 unspecified atom stereocenters. The van der Waals surface area contributed by atoms with Crippen LogP contribution >= 0.6 is 11.8 Å². The van der Waals surface area contributed by atoms with E-state index in [0.717, 1.165) is 17.2 Å². The van der Waals surface area contributed by atoms with Gasteiger partial charge in [-0.05, 0) is 12.1 Å². The van der Waals surface area contributed by atoms with Gasteiger partial charge in [-0.1, -0.05) is 32.9 Å². The number of methoxy groups -OCH3 is 1. The quantitative estimate of drug-likeness (QED) is 0.760. The maximum absolute atomic E-state index is 11.7. The highest BCUT2D eigenvalue weighted by Crippen LogP contribution is 2.23. The molecular formula is C15H24N2O2S. The lowest BCUT2D eigenvalue weighted by Gasteiger charge is -2.17. The molecule has 1 aromatic rings. The van der Waals surface area contributed by atoms with E-state index in [1.54, 1.807) is 7.11 Å². The minimum atomic E-state index is -0.00887. The highest BCUT2D eigenvalue weighted by atomic mass is 32.2. The molecule has 0 saturated heterocycles. The van der Waals surface area contributed by atoms with Crippen molar-refractivity contribution in [2.45, 2.75) is 25.5 Å². The van der Waals surface area contributed by atoms with E-state index >= 15 is 0 Å². The second-order valence-electron chi connectivity index (χ2n) is 5.36. The molecule has 0 atom stereocenters. The van der Waals surface area contributed by atoms with Crippen LogP contribution in [0, 0.1) is 0 Å². The zero-order chi connectivity index (χ0) is 15.0. The molecule has 0 heterocycles. The van der Waals surface area contributed by atoms with Crippen LogP contribution in [0.2, 0.25) is 0 Å². The molecule has 0 aliphatic carbocycles. The molecule has 112 valence electrons. The Morgan fingerprint density at radius 1 is 1.30 bits per heavy atom. The van der Waals surface area contributed by atoms with Crippen LogP contribution in [0.1, 0.15) is 20.8 Å². The average molecular weight is 296 g/mol. The van der Waals surface area contributed by atoms with E-state index in [4.69, 9.17) is 4.74 Å². The Bertz CT molecular complexity index is 430. The number of carbonyl (C=O) groups excluding carboxylic acids is 1. The fourth-order valence-corrected chi connectivity index (χ4v) is 2.39. The first kappa shape index (κ1) is 16.7. The molecule has 0 fully saturated rings. The zero-order valence-electron chi connectivity index (χ0n) is 12.7. The predicted molar refractivity (Wildman–Crippen MR) is 86.7 cm³/mol. The first-order valence-electron chi connectivity index (χ1n) is 6.70. The van der Waals surface area contributed by atoms with Crippen LogP contribution < -0.4 is 15.4 Å². The summed E-state index contributed by atoms with van der Waals surface area (Å²) < 4.78 is 5.45. The van der Waals surface area contributed by atoms with Gasteiger partial charge in [0.05, 0.1) is 19.3 Å². The third-order valence-electron chi connectivity index (χ3n) is 2.51. The van der Waals surface area contributed by atoms with Gasteiger partial charge in [-0.3, -0.25) is 4.79 Å². The smallest absolute Gasteiger partial charge is 0.239 e. The number of hydrogen-bond acceptors (Lipinski definition) is 4. The first-order chi connectivity index (χ1) is 9.42. The molecule has 5 heteroatoms. The Labute approximate surface area is 125 Å². The van der Waals surface area contributed by atoms with Crippen molar-refractivity contribution in [3.05, 3.63) is 24.3 Å². The van der Waals surface area contributed by atoms with Crippen molar-refractivity contribution in [3.8, 4) is 5.75 Å². The third-order valence-corrected chi connectivity index (χ3v) is 3.78. The van der Waals surface area contributed by atoms with Crippen LogP contribution in [0.4, 0.5) is 5.69 Å². The number of thioether (sulfide) groups is 1. The molecule has 0 saturated carbocycles. The molecule has 2 N–H and O–H groups in total. The van der Waals surface area contributed by atoms with Gasteiger partial charge in [0.2, 0.25) is 5.91 Å². The lowest BCUT2D eigenvalue weighted by molar-refractivity contribution is -0.119. The summed E-state index contributed by atoms with van der Waals surface area (Å²) in [7, 11) is 1.62. The average Bonchev–Trinajstić information content (AvgIpc) is 2.40. The van der Waals surface area contributed by atoms with Crippen molar-refractivity contribution >= 4 is 23.4 Å². The molecule has 4 nitrogen and oxygen atoms in total. The summed E-state index contributed by atoms with van der Waals surface area (Å²) in [4.78, 5) is 11.7. The van der Waals surface area contributed by atoms with Gasteiger partial charge in [-0.25, -0.2) is 0 Å². The van der Waals surface area contributed by atoms with Crippen LogP contribution in [0.3, 0.4) is 0 Å². The molecule has 20 heavy (non-hydrogen) atoms. The lowest BCUT2D eigenvalue weighted by atomic mass is 10.3. The second kappa shape index (κ2) is 8.04. The van der Waals surface area contributed by atoms with Gasteiger partial charge in [0.1, 0.15) is 5.75 Å². The number of anilines is 1. The molecular weight excluding hydrogens is 272 g/mol. The van der Waals surface area contributed by atoms with Crippen LogP contribution in [0.5, 0.6) is 5.75 Å². The molecule has 1 aromatic carbocycles. The van der Waals surface area contributed by atoms with Gasteiger partial charge < -0.3 is 15.4 Å². The standard InChI is InChI=1S/C15H24N2O2S/c1-15(2,3)20-10-9-16-14(18)11-17-12-7-5-6-8-13(12)19-4/h5-8,17H,9-11H2,1-4H3,(H,16,18). The van der Waals surface area contributed by atoms with E-state index < -0.39 is 0 Å². The van der Waals surface area contributed by atoms with Gasteiger partial charge in [0.25, 0.3) is 0 Å². The topological polar surface area (TPSA) is 50.4 Å². The van der Waals surface area contributed by atoms with Gasteiger partial charge in [-0.15, -0.1) is 0 Å². The maximum atomic E-state index is 11.7. The summed E-state index contributed by atoms with van der Waals surface area (Å²) in [5.41, 5.74) is 0.828. The van der Waals surface area contributed by atoms with Gasteiger partial charge in [0, 0.05) is 17.0 Å². The van der Waals surface area contributed by atoms with Crippen LogP contribution in [0.15, 0.2) is 24.3 Å². The van der Waals surface area contributed by atoms with E-state index in [1.807, 2.05) is 36.0 Å². The van der Waals surface area contributed by atoms with Crippen LogP contribution in [-0.4, -0.2) is 36.6 Å². The number of carbonyl (C=O) groups is 1. The second-order valence-corrected chi connectivity index (χ2v) is 7.29. The maximum Gasteiger partial charge on any atom is 0.239 e. The molecule has 0 bridgehead atoms. The highest BCUT2D eigenvalue weighted by molar-refractivity contribution is 8.00. The summed E-state index contributed by atoms with van der Waals surface area (Å²) in [5, 5.41) is 5.98. The molecule has 0 aromatic heterocycles.